The fourth-order valence-corrected chi connectivity index (χ4v) is 6.84. The van der Waals surface area contributed by atoms with Gasteiger partial charge in [-0.15, -0.1) is 11.8 Å². The number of hydrogen-bond donors (Lipinski definition) is 0. The average molecular weight is 609 g/mol. The van der Waals surface area contributed by atoms with E-state index in [1.165, 1.54) is 24.9 Å². The predicted molar refractivity (Wildman–Crippen MR) is 158 cm³/mol. The molecule has 220 valence electrons. The van der Waals surface area contributed by atoms with Gasteiger partial charge in [-0.1, -0.05) is 6.58 Å². The SMILES string of the molecule is C=CC(=O)N1CCN(c2nc(=O)n3c4c(c(-c5cc(F)c(F)cc5F)c(C)cc24)SC[C@@H]3COCOC)[C@@H](C)C1.S. The van der Waals surface area contributed by atoms with Gasteiger partial charge in [0.25, 0.3) is 0 Å². The molecule has 2 aromatic carbocycles. The highest BCUT2D eigenvalue weighted by molar-refractivity contribution is 7.99. The van der Waals surface area contributed by atoms with Gasteiger partial charge < -0.3 is 19.3 Å². The van der Waals surface area contributed by atoms with Crippen LogP contribution < -0.4 is 10.6 Å². The molecule has 1 aromatic heterocycles. The Hall–Kier alpha value is -3.00. The van der Waals surface area contributed by atoms with Crippen molar-refractivity contribution in [3.05, 3.63) is 64.4 Å². The minimum atomic E-state index is -1.28. The summed E-state index contributed by atoms with van der Waals surface area (Å²) in [6, 6.07) is 2.64. The first-order valence-corrected chi connectivity index (χ1v) is 13.8. The molecule has 0 spiro atoms. The molecule has 5 rings (SSSR count). The number of anilines is 1. The van der Waals surface area contributed by atoms with Crippen molar-refractivity contribution in [2.45, 2.75) is 30.8 Å². The van der Waals surface area contributed by atoms with Crippen molar-refractivity contribution < 1.29 is 27.4 Å². The summed E-state index contributed by atoms with van der Waals surface area (Å²) in [6.45, 7) is 8.78. The maximum Gasteiger partial charge on any atom is 0.350 e. The Morgan fingerprint density at radius 1 is 1.20 bits per heavy atom. The molecule has 3 aromatic rings. The molecular formula is C28H31F3N4O4S2. The lowest BCUT2D eigenvalue weighted by Gasteiger charge is -2.41. The highest BCUT2D eigenvalue weighted by Crippen LogP contribution is 2.46. The first-order chi connectivity index (χ1) is 19.2. The number of nitrogens with zero attached hydrogens (tertiary/aromatic N) is 4. The van der Waals surface area contributed by atoms with Crippen LogP contribution >= 0.6 is 25.3 Å². The smallest absolute Gasteiger partial charge is 0.350 e. The number of thioether (sulfide) groups is 1. The molecule has 0 saturated carbocycles. The Labute approximate surface area is 246 Å². The van der Waals surface area contributed by atoms with Crippen molar-refractivity contribution in [2.24, 2.45) is 0 Å². The average Bonchev–Trinajstić information content (AvgIpc) is 2.93. The molecule has 0 unspecified atom stereocenters. The van der Waals surface area contributed by atoms with Crippen LogP contribution in [0.5, 0.6) is 0 Å². The zero-order valence-corrected chi connectivity index (χ0v) is 24.7. The minimum absolute atomic E-state index is 0. The maximum atomic E-state index is 15.1. The van der Waals surface area contributed by atoms with Gasteiger partial charge in [-0.25, -0.2) is 18.0 Å². The zero-order chi connectivity index (χ0) is 28.7. The van der Waals surface area contributed by atoms with Crippen LogP contribution in [-0.2, 0) is 14.3 Å². The summed E-state index contributed by atoms with van der Waals surface area (Å²) in [5, 5.41) is 0.665. The number of aryl methyl sites for hydroxylation is 1. The number of halogens is 3. The largest absolute Gasteiger partial charge is 0.359 e. The molecule has 3 heterocycles. The summed E-state index contributed by atoms with van der Waals surface area (Å²) in [5.41, 5.74) is 0.948. The molecule has 1 saturated heterocycles. The summed E-state index contributed by atoms with van der Waals surface area (Å²) >= 11 is 1.40. The zero-order valence-electron chi connectivity index (χ0n) is 22.9. The minimum Gasteiger partial charge on any atom is -0.359 e. The first-order valence-electron chi connectivity index (χ1n) is 12.8. The number of rotatable bonds is 7. The molecule has 0 N–H and O–H groups in total. The molecule has 0 bridgehead atoms. The van der Waals surface area contributed by atoms with Crippen LogP contribution in [0.3, 0.4) is 0 Å². The number of benzene rings is 2. The van der Waals surface area contributed by atoms with E-state index in [4.69, 9.17) is 9.47 Å². The normalized spacial score (nSPS) is 18.4. The van der Waals surface area contributed by atoms with Gasteiger partial charge in [0.05, 0.1) is 18.2 Å². The molecule has 8 nitrogen and oxygen atoms in total. The first kappa shape index (κ1) is 30.9. The van der Waals surface area contributed by atoms with Crippen LogP contribution in [0, 0.1) is 24.4 Å². The standard InChI is InChI=1S/C28H29F3N4O4S.H2S/c1-5-23(36)33-6-7-34(16(3)11-33)27-19-8-15(2)24(18-9-21(30)22(31)10-20(18)29)26-25(19)35(28(37)32-27)17(13-40-26)12-39-14-38-4;/h5,8-10,16-17H,1,6-7,11-14H2,2-4H3;1H2/t16-,17-;/m0./s1. The fourth-order valence-electron chi connectivity index (χ4n) is 5.48. The summed E-state index contributed by atoms with van der Waals surface area (Å²) in [5.74, 6) is -2.64. The lowest BCUT2D eigenvalue weighted by atomic mass is 9.96. The van der Waals surface area contributed by atoms with E-state index >= 15 is 4.39 Å². The third kappa shape index (κ3) is 5.60. The maximum absolute atomic E-state index is 15.1. The van der Waals surface area contributed by atoms with Crippen molar-refractivity contribution in [2.75, 3.05) is 50.8 Å². The Kier molecular flexibility index (Phi) is 9.42. The second-order valence-corrected chi connectivity index (χ2v) is 10.9. The number of ether oxygens (including phenoxy) is 2. The third-order valence-corrected chi connectivity index (χ3v) is 8.54. The topological polar surface area (TPSA) is 76.9 Å². The quantitative estimate of drug-likeness (QED) is 0.171. The lowest BCUT2D eigenvalue weighted by molar-refractivity contribution is -0.126. The van der Waals surface area contributed by atoms with E-state index < -0.39 is 29.2 Å². The Morgan fingerprint density at radius 2 is 1.93 bits per heavy atom. The highest BCUT2D eigenvalue weighted by atomic mass is 32.2. The van der Waals surface area contributed by atoms with Crippen LogP contribution in [0.15, 0.2) is 40.5 Å². The number of carbonyl (C=O) groups is 1. The van der Waals surface area contributed by atoms with Gasteiger partial charge in [0, 0.05) is 66.0 Å². The van der Waals surface area contributed by atoms with Crippen LogP contribution in [0.1, 0.15) is 18.5 Å². The Bertz CT molecular complexity index is 1570. The molecular weight excluding hydrogens is 577 g/mol. The van der Waals surface area contributed by atoms with Gasteiger partial charge in [-0.05, 0) is 37.6 Å². The van der Waals surface area contributed by atoms with E-state index in [0.717, 1.165) is 6.07 Å². The Morgan fingerprint density at radius 3 is 2.61 bits per heavy atom. The summed E-state index contributed by atoms with van der Waals surface area (Å²) < 4.78 is 55.3. The van der Waals surface area contributed by atoms with Gasteiger partial charge in [0.15, 0.2) is 11.6 Å². The second-order valence-electron chi connectivity index (χ2n) is 9.90. The predicted octanol–water partition coefficient (Wildman–Crippen LogP) is 4.39. The van der Waals surface area contributed by atoms with Crippen molar-refractivity contribution in [1.82, 2.24) is 14.5 Å². The fraction of sp³-hybridized carbons (Fsp3) is 0.393. The van der Waals surface area contributed by atoms with E-state index in [9.17, 15) is 18.4 Å². The van der Waals surface area contributed by atoms with Crippen molar-refractivity contribution in [1.29, 1.82) is 0 Å². The molecule has 0 aliphatic carbocycles. The number of aromatic nitrogens is 2. The molecule has 0 radical (unpaired) electrons. The number of carbonyl (C=O) groups excluding carboxylic acids is 1. The molecule has 2 aliphatic rings. The van der Waals surface area contributed by atoms with E-state index in [-0.39, 0.29) is 44.4 Å². The van der Waals surface area contributed by atoms with Gasteiger partial charge in [0.1, 0.15) is 18.4 Å². The van der Waals surface area contributed by atoms with Crippen molar-refractivity contribution in [3.63, 3.8) is 0 Å². The van der Waals surface area contributed by atoms with E-state index in [1.54, 1.807) is 22.5 Å². The number of amides is 1. The summed E-state index contributed by atoms with van der Waals surface area (Å²) in [6.07, 6.45) is 1.28. The monoisotopic (exact) mass is 608 g/mol. The lowest BCUT2D eigenvalue weighted by Crippen LogP contribution is -2.54. The highest BCUT2D eigenvalue weighted by Gasteiger charge is 2.33. The second kappa shape index (κ2) is 12.5. The Balaban J connectivity index is 0.00000387. The summed E-state index contributed by atoms with van der Waals surface area (Å²) in [7, 11) is 1.50. The van der Waals surface area contributed by atoms with Crippen LogP contribution in [0.4, 0.5) is 19.0 Å². The van der Waals surface area contributed by atoms with E-state index in [1.807, 2.05) is 11.8 Å². The molecule has 41 heavy (non-hydrogen) atoms. The molecule has 1 fully saturated rings. The van der Waals surface area contributed by atoms with E-state index in [0.29, 0.717) is 64.2 Å². The molecule has 13 heteroatoms. The number of methoxy groups -OCH3 is 1. The van der Waals surface area contributed by atoms with Crippen LogP contribution in [0.2, 0.25) is 0 Å². The van der Waals surface area contributed by atoms with Crippen LogP contribution in [-0.4, -0.2) is 72.3 Å². The van der Waals surface area contributed by atoms with Gasteiger partial charge >= 0.3 is 5.69 Å². The molecule has 1 amide bonds. The summed E-state index contributed by atoms with van der Waals surface area (Å²) in [4.78, 5) is 34.6. The molecule has 2 aliphatic heterocycles. The van der Waals surface area contributed by atoms with Crippen molar-refractivity contribution in [3.8, 4) is 11.1 Å². The number of piperazine rings is 1. The number of hydrogen-bond acceptors (Lipinski definition) is 7. The van der Waals surface area contributed by atoms with Gasteiger partial charge in [-0.2, -0.15) is 18.5 Å². The van der Waals surface area contributed by atoms with Crippen molar-refractivity contribution >= 4 is 47.9 Å². The molecule has 2 atom stereocenters. The van der Waals surface area contributed by atoms with Gasteiger partial charge in [-0.3, -0.25) is 9.36 Å². The van der Waals surface area contributed by atoms with Crippen LogP contribution in [0.25, 0.3) is 22.0 Å². The van der Waals surface area contributed by atoms with Gasteiger partial charge in [0.2, 0.25) is 5.91 Å². The van der Waals surface area contributed by atoms with E-state index in [2.05, 4.69) is 11.6 Å². The third-order valence-electron chi connectivity index (χ3n) is 7.30.